The molecule has 0 fully saturated rings. The van der Waals surface area contributed by atoms with Crippen LogP contribution in [-0.4, -0.2) is 25.5 Å². The summed E-state index contributed by atoms with van der Waals surface area (Å²) in [6.07, 6.45) is 0.767. The van der Waals surface area contributed by atoms with Crippen LogP contribution in [0.2, 0.25) is 0 Å². The average Bonchev–Trinajstić information content (AvgIpc) is 2.34. The Morgan fingerprint density at radius 2 is 2.05 bits per heavy atom. The molecule has 0 saturated carbocycles. The van der Waals surface area contributed by atoms with E-state index < -0.39 is 11.7 Å². The van der Waals surface area contributed by atoms with Gasteiger partial charge in [0.2, 0.25) is 0 Å². The molecule has 19 heavy (non-hydrogen) atoms. The molecule has 5 heteroatoms. The third-order valence-electron chi connectivity index (χ3n) is 3.30. The van der Waals surface area contributed by atoms with E-state index in [0.717, 1.165) is 6.42 Å². The lowest BCUT2D eigenvalue weighted by atomic mass is 10.0. The van der Waals surface area contributed by atoms with Crippen LogP contribution >= 0.6 is 0 Å². The van der Waals surface area contributed by atoms with Crippen LogP contribution in [-0.2, 0) is 0 Å². The molecule has 4 N–H and O–H groups in total. The Morgan fingerprint density at radius 1 is 1.42 bits per heavy atom. The SMILES string of the molecule is CC(C)C(N)CCN(C)c1cccc(F)c1C(N)=O. The lowest BCUT2D eigenvalue weighted by molar-refractivity contribution is 0.0997. The zero-order valence-electron chi connectivity index (χ0n) is 11.7. The highest BCUT2D eigenvalue weighted by Crippen LogP contribution is 2.22. The van der Waals surface area contributed by atoms with Crippen LogP contribution in [0.25, 0.3) is 0 Å². The maximum absolute atomic E-state index is 13.6. The molecule has 4 nitrogen and oxygen atoms in total. The third kappa shape index (κ3) is 3.92. The van der Waals surface area contributed by atoms with Gasteiger partial charge in [-0.15, -0.1) is 0 Å². The second kappa shape index (κ2) is 6.52. The van der Waals surface area contributed by atoms with E-state index in [2.05, 4.69) is 13.8 Å². The fraction of sp³-hybridized carbons (Fsp3) is 0.500. The number of carbonyl (C=O) groups excluding carboxylic acids is 1. The Hall–Kier alpha value is -1.62. The first kappa shape index (κ1) is 15.4. The molecule has 106 valence electrons. The van der Waals surface area contributed by atoms with E-state index in [-0.39, 0.29) is 11.6 Å². The summed E-state index contributed by atoms with van der Waals surface area (Å²) in [4.78, 5) is 13.1. The molecule has 1 atom stereocenters. The number of hydrogen-bond donors (Lipinski definition) is 2. The Bertz CT molecular complexity index is 448. The Morgan fingerprint density at radius 3 is 2.58 bits per heavy atom. The number of hydrogen-bond acceptors (Lipinski definition) is 3. The monoisotopic (exact) mass is 267 g/mol. The van der Waals surface area contributed by atoms with E-state index in [1.807, 2.05) is 4.90 Å². The van der Waals surface area contributed by atoms with Gasteiger partial charge in [-0.3, -0.25) is 4.79 Å². The number of benzene rings is 1. The molecule has 1 aromatic rings. The summed E-state index contributed by atoms with van der Waals surface area (Å²) in [7, 11) is 1.80. The zero-order valence-corrected chi connectivity index (χ0v) is 11.7. The van der Waals surface area contributed by atoms with Crippen molar-refractivity contribution >= 4 is 11.6 Å². The van der Waals surface area contributed by atoms with Gasteiger partial charge in [-0.25, -0.2) is 4.39 Å². The number of nitrogens with two attached hydrogens (primary N) is 2. The van der Waals surface area contributed by atoms with E-state index in [9.17, 15) is 9.18 Å². The molecule has 0 bridgehead atoms. The summed E-state index contributed by atoms with van der Waals surface area (Å²) in [5.74, 6) is -0.963. The Labute approximate surface area is 113 Å². The zero-order chi connectivity index (χ0) is 14.6. The van der Waals surface area contributed by atoms with E-state index in [0.29, 0.717) is 18.2 Å². The quantitative estimate of drug-likeness (QED) is 0.824. The Kier molecular flexibility index (Phi) is 5.30. The second-order valence-electron chi connectivity index (χ2n) is 5.12. The molecular formula is C14H22FN3O. The van der Waals surface area contributed by atoms with Crippen molar-refractivity contribution in [2.75, 3.05) is 18.5 Å². The maximum atomic E-state index is 13.6. The van der Waals surface area contributed by atoms with Crippen molar-refractivity contribution in [3.8, 4) is 0 Å². The average molecular weight is 267 g/mol. The summed E-state index contributed by atoms with van der Waals surface area (Å²) in [5, 5.41) is 0. The minimum atomic E-state index is -0.756. The molecule has 1 unspecified atom stereocenters. The lowest BCUT2D eigenvalue weighted by Gasteiger charge is -2.24. The van der Waals surface area contributed by atoms with Gasteiger partial charge in [0.15, 0.2) is 0 Å². The summed E-state index contributed by atoms with van der Waals surface area (Å²) >= 11 is 0. The highest BCUT2D eigenvalue weighted by atomic mass is 19.1. The van der Waals surface area contributed by atoms with Crippen molar-refractivity contribution in [2.24, 2.45) is 17.4 Å². The Balaban J connectivity index is 2.85. The first-order valence-electron chi connectivity index (χ1n) is 6.39. The van der Waals surface area contributed by atoms with Gasteiger partial charge in [0.05, 0.1) is 11.3 Å². The van der Waals surface area contributed by atoms with Gasteiger partial charge < -0.3 is 16.4 Å². The van der Waals surface area contributed by atoms with Gasteiger partial charge in [0.1, 0.15) is 5.82 Å². The van der Waals surface area contributed by atoms with Crippen LogP contribution in [0.3, 0.4) is 0 Å². The topological polar surface area (TPSA) is 72.3 Å². The highest BCUT2D eigenvalue weighted by molar-refractivity contribution is 5.98. The van der Waals surface area contributed by atoms with Crippen LogP contribution in [0.5, 0.6) is 0 Å². The highest BCUT2D eigenvalue weighted by Gasteiger charge is 2.17. The number of primary amides is 1. The smallest absolute Gasteiger partial charge is 0.253 e. The van der Waals surface area contributed by atoms with Crippen molar-refractivity contribution in [3.05, 3.63) is 29.6 Å². The number of amides is 1. The number of nitrogens with zero attached hydrogens (tertiary/aromatic N) is 1. The molecular weight excluding hydrogens is 245 g/mol. The standard InChI is InChI=1S/C14H22FN3O/c1-9(2)11(16)7-8-18(3)12-6-4-5-10(15)13(12)14(17)19/h4-6,9,11H,7-8,16H2,1-3H3,(H2,17,19). The fourth-order valence-corrected chi connectivity index (χ4v) is 1.87. The predicted molar refractivity (Wildman–Crippen MR) is 75.6 cm³/mol. The molecule has 0 aliphatic rings. The number of halogens is 1. The van der Waals surface area contributed by atoms with Crippen LogP contribution in [0.4, 0.5) is 10.1 Å². The van der Waals surface area contributed by atoms with Gasteiger partial charge in [-0.05, 0) is 24.5 Å². The van der Waals surface area contributed by atoms with Crippen LogP contribution in [0, 0.1) is 11.7 Å². The molecule has 1 amide bonds. The van der Waals surface area contributed by atoms with Crippen molar-refractivity contribution in [1.29, 1.82) is 0 Å². The number of rotatable bonds is 6. The summed E-state index contributed by atoms with van der Waals surface area (Å²) in [5.41, 5.74) is 11.6. The van der Waals surface area contributed by atoms with Crippen LogP contribution in [0.15, 0.2) is 18.2 Å². The minimum Gasteiger partial charge on any atom is -0.374 e. The lowest BCUT2D eigenvalue weighted by Crippen LogP contribution is -2.32. The van der Waals surface area contributed by atoms with E-state index in [1.165, 1.54) is 6.07 Å². The molecule has 0 radical (unpaired) electrons. The second-order valence-corrected chi connectivity index (χ2v) is 5.12. The van der Waals surface area contributed by atoms with Crippen molar-refractivity contribution in [3.63, 3.8) is 0 Å². The van der Waals surface area contributed by atoms with E-state index in [1.54, 1.807) is 19.2 Å². The molecule has 0 heterocycles. The minimum absolute atomic E-state index is 0.0666. The number of carbonyl (C=O) groups is 1. The number of anilines is 1. The predicted octanol–water partition coefficient (Wildman–Crippen LogP) is 1.73. The largest absolute Gasteiger partial charge is 0.374 e. The van der Waals surface area contributed by atoms with Gasteiger partial charge >= 0.3 is 0 Å². The molecule has 1 aromatic carbocycles. The fourth-order valence-electron chi connectivity index (χ4n) is 1.87. The summed E-state index contributed by atoms with van der Waals surface area (Å²) in [6.45, 7) is 4.76. The molecule has 0 aromatic heterocycles. The molecule has 1 rings (SSSR count). The first-order valence-corrected chi connectivity index (χ1v) is 6.39. The van der Waals surface area contributed by atoms with Crippen molar-refractivity contribution in [1.82, 2.24) is 0 Å². The van der Waals surface area contributed by atoms with Gasteiger partial charge in [0, 0.05) is 19.6 Å². The maximum Gasteiger partial charge on any atom is 0.253 e. The van der Waals surface area contributed by atoms with Gasteiger partial charge in [-0.2, -0.15) is 0 Å². The van der Waals surface area contributed by atoms with Gasteiger partial charge in [0.25, 0.3) is 5.91 Å². The summed E-state index contributed by atoms with van der Waals surface area (Å²) < 4.78 is 13.6. The van der Waals surface area contributed by atoms with Gasteiger partial charge in [-0.1, -0.05) is 19.9 Å². The van der Waals surface area contributed by atoms with E-state index >= 15 is 0 Å². The normalized spacial score (nSPS) is 12.5. The summed E-state index contributed by atoms with van der Waals surface area (Å²) in [6, 6.07) is 4.56. The third-order valence-corrected chi connectivity index (χ3v) is 3.30. The molecule has 0 aliphatic heterocycles. The molecule has 0 spiro atoms. The van der Waals surface area contributed by atoms with Crippen LogP contribution < -0.4 is 16.4 Å². The van der Waals surface area contributed by atoms with Crippen LogP contribution in [0.1, 0.15) is 30.6 Å². The van der Waals surface area contributed by atoms with E-state index in [4.69, 9.17) is 11.5 Å². The van der Waals surface area contributed by atoms with Crippen molar-refractivity contribution in [2.45, 2.75) is 26.3 Å². The first-order chi connectivity index (χ1) is 8.84. The van der Waals surface area contributed by atoms with Crippen molar-refractivity contribution < 1.29 is 9.18 Å². The molecule has 0 aliphatic carbocycles. The molecule has 0 saturated heterocycles.